The summed E-state index contributed by atoms with van der Waals surface area (Å²) in [5, 5.41) is 0. The molecule has 21 heavy (non-hydrogen) atoms. The summed E-state index contributed by atoms with van der Waals surface area (Å²) >= 11 is 0. The van der Waals surface area contributed by atoms with Gasteiger partial charge < -0.3 is 4.74 Å². The normalized spacial score (nSPS) is 14.5. The van der Waals surface area contributed by atoms with Crippen molar-refractivity contribution in [2.75, 3.05) is 27.7 Å². The van der Waals surface area contributed by atoms with Crippen LogP contribution in [0.25, 0.3) is 0 Å². The molecule has 0 aliphatic rings. The number of hydrogen-bond donors (Lipinski definition) is 0. The molecule has 0 aliphatic carbocycles. The third-order valence-electron chi connectivity index (χ3n) is 4.00. The predicted octanol–water partition coefficient (Wildman–Crippen LogP) is 3.62. The van der Waals surface area contributed by atoms with Crippen molar-refractivity contribution in [3.63, 3.8) is 0 Å². The van der Waals surface area contributed by atoms with Crippen LogP contribution in [0.2, 0.25) is 0 Å². The second-order valence-electron chi connectivity index (χ2n) is 5.57. The van der Waals surface area contributed by atoms with E-state index in [0.29, 0.717) is 4.48 Å². The highest BCUT2D eigenvalue weighted by molar-refractivity contribution is 5.25. The number of hydrogen-bond acceptors (Lipinski definition) is 2. The van der Waals surface area contributed by atoms with E-state index in [4.69, 9.17) is 9.47 Å². The topological polar surface area (TPSA) is 18.5 Å². The average Bonchev–Trinajstić information content (AvgIpc) is 2.54. The minimum atomic E-state index is -0.878. The van der Waals surface area contributed by atoms with E-state index in [-0.39, 0.29) is 0 Å². The van der Waals surface area contributed by atoms with E-state index in [9.17, 15) is 0 Å². The standard InChI is InChI=1S/C18H24NO2/c1-5-19(2,3)18(20-4,16-12-8-6-9-13-16)21-17-14-10-7-11-15-17/h6-15H,5H2,1-4H3/q+1. The zero-order valence-electron chi connectivity index (χ0n) is 13.2. The highest BCUT2D eigenvalue weighted by Crippen LogP contribution is 2.36. The summed E-state index contributed by atoms with van der Waals surface area (Å²) in [6.07, 6.45) is 0. The third-order valence-corrected chi connectivity index (χ3v) is 4.00. The number of rotatable bonds is 6. The summed E-state index contributed by atoms with van der Waals surface area (Å²) in [6.45, 7) is 3.00. The van der Waals surface area contributed by atoms with E-state index >= 15 is 0 Å². The van der Waals surface area contributed by atoms with Crippen molar-refractivity contribution in [1.29, 1.82) is 0 Å². The molecule has 2 aromatic rings. The molecule has 2 rings (SSSR count). The van der Waals surface area contributed by atoms with Crippen LogP contribution in [0, 0.1) is 0 Å². The molecule has 0 saturated heterocycles. The van der Waals surface area contributed by atoms with Gasteiger partial charge in [0.1, 0.15) is 5.75 Å². The predicted molar refractivity (Wildman–Crippen MR) is 84.8 cm³/mol. The van der Waals surface area contributed by atoms with E-state index in [1.807, 2.05) is 60.7 Å². The second kappa shape index (κ2) is 6.29. The van der Waals surface area contributed by atoms with E-state index in [2.05, 4.69) is 21.0 Å². The van der Waals surface area contributed by atoms with Crippen LogP contribution in [0.4, 0.5) is 0 Å². The number of benzene rings is 2. The Morgan fingerprint density at radius 2 is 1.43 bits per heavy atom. The fourth-order valence-corrected chi connectivity index (χ4v) is 2.44. The molecule has 0 radical (unpaired) electrons. The minimum absolute atomic E-state index is 0.558. The van der Waals surface area contributed by atoms with Gasteiger partial charge in [0.05, 0.1) is 26.2 Å². The van der Waals surface area contributed by atoms with E-state index in [0.717, 1.165) is 17.9 Å². The molecule has 2 aromatic carbocycles. The van der Waals surface area contributed by atoms with Gasteiger partial charge in [0.2, 0.25) is 0 Å². The summed E-state index contributed by atoms with van der Waals surface area (Å²) in [7, 11) is 5.92. The maximum absolute atomic E-state index is 6.34. The Bertz CT molecular complexity index is 554. The van der Waals surface area contributed by atoms with Crippen LogP contribution in [0.5, 0.6) is 5.75 Å². The van der Waals surface area contributed by atoms with E-state index < -0.39 is 5.91 Å². The van der Waals surface area contributed by atoms with Gasteiger partial charge in [-0.15, -0.1) is 0 Å². The number of ether oxygens (including phenoxy) is 2. The Labute approximate surface area is 127 Å². The van der Waals surface area contributed by atoms with Crippen LogP contribution >= 0.6 is 0 Å². The molecule has 0 fully saturated rings. The van der Waals surface area contributed by atoms with Gasteiger partial charge in [-0.2, -0.15) is 0 Å². The molecule has 3 nitrogen and oxygen atoms in total. The molecule has 0 aromatic heterocycles. The minimum Gasteiger partial charge on any atom is -0.413 e. The largest absolute Gasteiger partial charge is 0.413 e. The van der Waals surface area contributed by atoms with Crippen molar-refractivity contribution in [2.45, 2.75) is 12.8 Å². The maximum atomic E-state index is 6.34. The third kappa shape index (κ3) is 2.94. The maximum Gasteiger partial charge on any atom is 0.389 e. The smallest absolute Gasteiger partial charge is 0.389 e. The fourth-order valence-electron chi connectivity index (χ4n) is 2.44. The Hall–Kier alpha value is -1.84. The van der Waals surface area contributed by atoms with Crippen molar-refractivity contribution in [1.82, 2.24) is 0 Å². The second-order valence-corrected chi connectivity index (χ2v) is 5.57. The van der Waals surface area contributed by atoms with Gasteiger partial charge in [0, 0.05) is 7.11 Å². The van der Waals surface area contributed by atoms with Crippen molar-refractivity contribution < 1.29 is 14.0 Å². The molecule has 0 amide bonds. The van der Waals surface area contributed by atoms with Gasteiger partial charge >= 0.3 is 5.91 Å². The number of para-hydroxylation sites is 1. The SMILES string of the molecule is CC[N+](C)(C)C(OC)(Oc1ccccc1)c1ccccc1. The average molecular weight is 286 g/mol. The highest BCUT2D eigenvalue weighted by Gasteiger charge is 2.50. The molecule has 0 N–H and O–H groups in total. The Morgan fingerprint density at radius 1 is 0.905 bits per heavy atom. The van der Waals surface area contributed by atoms with Gasteiger partial charge in [0.15, 0.2) is 0 Å². The zero-order valence-corrected chi connectivity index (χ0v) is 13.2. The molecule has 0 spiro atoms. The summed E-state index contributed by atoms with van der Waals surface area (Å²) in [5.41, 5.74) is 1.00. The molecule has 0 saturated carbocycles. The van der Waals surface area contributed by atoms with Gasteiger partial charge in [-0.1, -0.05) is 36.4 Å². The van der Waals surface area contributed by atoms with E-state index in [1.54, 1.807) is 7.11 Å². The van der Waals surface area contributed by atoms with Crippen LogP contribution in [0.1, 0.15) is 12.5 Å². The molecule has 0 heterocycles. The number of nitrogens with zero attached hydrogens (tertiary/aromatic N) is 1. The lowest BCUT2D eigenvalue weighted by molar-refractivity contribution is -0.999. The summed E-state index contributed by atoms with van der Waals surface area (Å²) in [4.78, 5) is 0. The van der Waals surface area contributed by atoms with Crippen LogP contribution < -0.4 is 4.74 Å². The van der Waals surface area contributed by atoms with Gasteiger partial charge in [-0.3, -0.25) is 9.22 Å². The Kier molecular flexibility index (Phi) is 4.66. The summed E-state index contributed by atoms with van der Waals surface area (Å²) < 4.78 is 12.8. The van der Waals surface area contributed by atoms with Crippen molar-refractivity contribution in [2.24, 2.45) is 0 Å². The van der Waals surface area contributed by atoms with Crippen molar-refractivity contribution in [3.8, 4) is 5.75 Å². The van der Waals surface area contributed by atoms with Crippen LogP contribution in [-0.4, -0.2) is 32.2 Å². The van der Waals surface area contributed by atoms with Crippen molar-refractivity contribution >= 4 is 0 Å². The lowest BCUT2D eigenvalue weighted by atomic mass is 10.1. The van der Waals surface area contributed by atoms with Crippen LogP contribution in [-0.2, 0) is 10.6 Å². The first-order chi connectivity index (χ1) is 10.1. The molecule has 0 aliphatic heterocycles. The number of methoxy groups -OCH3 is 1. The van der Waals surface area contributed by atoms with Gasteiger partial charge in [0.25, 0.3) is 0 Å². The molecular weight excluding hydrogens is 262 g/mol. The summed E-state index contributed by atoms with van der Waals surface area (Å²) in [5.74, 6) is -0.0833. The van der Waals surface area contributed by atoms with Crippen LogP contribution in [0.3, 0.4) is 0 Å². The van der Waals surface area contributed by atoms with Gasteiger partial charge in [-0.05, 0) is 31.2 Å². The Balaban J connectivity index is 2.53. The first-order valence-electron chi connectivity index (χ1n) is 7.23. The Morgan fingerprint density at radius 3 is 1.90 bits per heavy atom. The monoisotopic (exact) mass is 286 g/mol. The molecule has 1 atom stereocenters. The lowest BCUT2D eigenvalue weighted by Gasteiger charge is -2.45. The molecular formula is C18H24NO2+. The molecule has 0 bridgehead atoms. The lowest BCUT2D eigenvalue weighted by Crippen LogP contribution is -2.61. The first-order valence-corrected chi connectivity index (χ1v) is 7.23. The zero-order chi connectivity index (χ0) is 15.3. The van der Waals surface area contributed by atoms with Gasteiger partial charge in [-0.25, -0.2) is 0 Å². The number of quaternary nitrogens is 1. The van der Waals surface area contributed by atoms with Crippen molar-refractivity contribution in [3.05, 3.63) is 66.2 Å². The van der Waals surface area contributed by atoms with Crippen LogP contribution in [0.15, 0.2) is 60.7 Å². The molecule has 3 heteroatoms. The quantitative estimate of drug-likeness (QED) is 0.596. The molecule has 112 valence electrons. The summed E-state index contributed by atoms with van der Waals surface area (Å²) in [6, 6.07) is 19.9. The highest BCUT2D eigenvalue weighted by atomic mass is 16.7. The molecule has 1 unspecified atom stereocenters. The fraction of sp³-hybridized carbons (Fsp3) is 0.333. The first kappa shape index (κ1) is 15.5. The van der Waals surface area contributed by atoms with E-state index in [1.165, 1.54) is 0 Å².